The van der Waals surface area contributed by atoms with Crippen LogP contribution in [0.25, 0.3) is 0 Å². The van der Waals surface area contributed by atoms with Gasteiger partial charge in [-0.2, -0.15) is 0 Å². The number of carbonyl (C=O) groups is 4. The minimum Gasteiger partial charge on any atom is -0.466 e. The molecule has 0 spiro atoms. The van der Waals surface area contributed by atoms with Gasteiger partial charge in [0.15, 0.2) is 12.2 Å². The van der Waals surface area contributed by atoms with Crippen LogP contribution >= 0.6 is 0 Å². The maximum Gasteiger partial charge on any atom is 0.337 e. The molecule has 2 aliphatic heterocycles. The molecule has 31 heavy (non-hydrogen) atoms. The second-order valence-corrected chi connectivity index (χ2v) is 8.14. The lowest BCUT2D eigenvalue weighted by Gasteiger charge is -2.33. The number of ether oxygens (including phenoxy) is 5. The maximum absolute atomic E-state index is 12.6. The van der Waals surface area contributed by atoms with Crippen molar-refractivity contribution in [3.63, 3.8) is 0 Å². The van der Waals surface area contributed by atoms with Crippen LogP contribution in [0.3, 0.4) is 0 Å². The molecule has 0 saturated carbocycles. The number of allylic oxidation sites excluding steroid dienone is 1. The van der Waals surface area contributed by atoms with Crippen molar-refractivity contribution in [3.8, 4) is 0 Å². The van der Waals surface area contributed by atoms with Gasteiger partial charge in [0, 0.05) is 18.1 Å². The first-order valence-corrected chi connectivity index (χ1v) is 9.90. The second kappa shape index (κ2) is 8.30. The first-order chi connectivity index (χ1) is 14.5. The molecule has 0 radical (unpaired) electrons. The summed E-state index contributed by atoms with van der Waals surface area (Å²) in [6.07, 6.45) is -1.45. The van der Waals surface area contributed by atoms with E-state index in [1.807, 2.05) is 6.92 Å². The number of methoxy groups -OCH3 is 1. The smallest absolute Gasteiger partial charge is 0.337 e. The van der Waals surface area contributed by atoms with Crippen LogP contribution in [0.1, 0.15) is 33.6 Å². The number of rotatable bonds is 4. The first-order valence-electron chi connectivity index (χ1n) is 9.90. The average molecular weight is 434 g/mol. The van der Waals surface area contributed by atoms with Crippen LogP contribution in [0.5, 0.6) is 0 Å². The van der Waals surface area contributed by atoms with Crippen molar-refractivity contribution in [2.75, 3.05) is 7.11 Å². The standard InChI is InChI=1S/C22H26O9/c1-10(2)19(24)29-16-14-11(3)20(25)30-17(14)18-22(5,31-18)9-7-8-13(21(26)27-6)15(16)28-12(4)23/h8,14-18H,1,3,7,9H2,2,4-6H3/b13-8-/t14-,15-,16-,17-,18+,22+/m1/s1. The molecule has 1 aliphatic carbocycles. The number of hydrogen-bond acceptors (Lipinski definition) is 9. The molecule has 0 N–H and O–H groups in total. The Morgan fingerprint density at radius 1 is 1.23 bits per heavy atom. The predicted molar refractivity (Wildman–Crippen MR) is 105 cm³/mol. The van der Waals surface area contributed by atoms with E-state index < -0.39 is 59.8 Å². The molecule has 9 nitrogen and oxygen atoms in total. The van der Waals surface area contributed by atoms with Gasteiger partial charge in [-0.1, -0.05) is 19.2 Å². The lowest BCUT2D eigenvalue weighted by atomic mass is 9.80. The van der Waals surface area contributed by atoms with Gasteiger partial charge in [0.25, 0.3) is 0 Å². The molecule has 9 heteroatoms. The molecule has 168 valence electrons. The lowest BCUT2D eigenvalue weighted by molar-refractivity contribution is -0.168. The van der Waals surface area contributed by atoms with Crippen molar-refractivity contribution < 1.29 is 42.9 Å². The fourth-order valence-corrected chi connectivity index (χ4v) is 4.10. The van der Waals surface area contributed by atoms with Gasteiger partial charge in [0.2, 0.25) is 0 Å². The van der Waals surface area contributed by atoms with Crippen molar-refractivity contribution in [2.24, 2.45) is 5.92 Å². The summed E-state index contributed by atoms with van der Waals surface area (Å²) < 4.78 is 27.4. The topological polar surface area (TPSA) is 118 Å². The molecule has 2 fully saturated rings. The Morgan fingerprint density at radius 2 is 1.90 bits per heavy atom. The van der Waals surface area contributed by atoms with Crippen LogP contribution in [-0.2, 0) is 42.9 Å². The van der Waals surface area contributed by atoms with E-state index >= 15 is 0 Å². The predicted octanol–water partition coefficient (Wildman–Crippen LogP) is 1.55. The number of fused-ring (bicyclic) bond motifs is 3. The van der Waals surface area contributed by atoms with Crippen LogP contribution in [0.4, 0.5) is 0 Å². The number of hydrogen-bond donors (Lipinski definition) is 0. The van der Waals surface area contributed by atoms with E-state index in [9.17, 15) is 19.2 Å². The highest BCUT2D eigenvalue weighted by Crippen LogP contribution is 2.50. The number of carbonyl (C=O) groups excluding carboxylic acids is 4. The van der Waals surface area contributed by atoms with Gasteiger partial charge in [-0.25, -0.2) is 14.4 Å². The zero-order chi connectivity index (χ0) is 23.1. The quantitative estimate of drug-likeness (QED) is 0.281. The second-order valence-electron chi connectivity index (χ2n) is 8.14. The largest absolute Gasteiger partial charge is 0.466 e. The number of epoxide rings is 1. The van der Waals surface area contributed by atoms with Gasteiger partial charge in [0.05, 0.1) is 24.2 Å². The summed E-state index contributed by atoms with van der Waals surface area (Å²) in [5.74, 6) is -3.84. The van der Waals surface area contributed by atoms with Crippen molar-refractivity contribution in [2.45, 2.75) is 63.6 Å². The molecular weight excluding hydrogens is 408 g/mol. The Kier molecular flexibility index (Phi) is 6.09. The van der Waals surface area contributed by atoms with Gasteiger partial charge < -0.3 is 23.7 Å². The molecular formula is C22H26O9. The van der Waals surface area contributed by atoms with Crippen molar-refractivity contribution in [1.29, 1.82) is 0 Å². The van der Waals surface area contributed by atoms with E-state index in [0.717, 1.165) is 6.92 Å². The Bertz CT molecular complexity index is 885. The molecule has 3 aliphatic rings. The highest BCUT2D eigenvalue weighted by Gasteiger charge is 2.64. The Hall–Kier alpha value is -2.94. The fourth-order valence-electron chi connectivity index (χ4n) is 4.10. The first kappa shape index (κ1) is 22.7. The summed E-state index contributed by atoms with van der Waals surface area (Å²) in [4.78, 5) is 49.5. The van der Waals surface area contributed by atoms with Gasteiger partial charge in [0.1, 0.15) is 12.2 Å². The third-order valence-electron chi connectivity index (χ3n) is 5.77. The van der Waals surface area contributed by atoms with E-state index in [1.54, 1.807) is 6.08 Å². The zero-order valence-electron chi connectivity index (χ0n) is 18.0. The van der Waals surface area contributed by atoms with Gasteiger partial charge in [-0.15, -0.1) is 0 Å². The Labute approximate surface area is 180 Å². The Balaban J connectivity index is 2.17. The monoisotopic (exact) mass is 434 g/mol. The highest BCUT2D eigenvalue weighted by atomic mass is 16.7. The van der Waals surface area contributed by atoms with Crippen LogP contribution in [0, 0.1) is 5.92 Å². The minimum absolute atomic E-state index is 0.00851. The molecule has 0 aromatic carbocycles. The van der Waals surface area contributed by atoms with E-state index in [4.69, 9.17) is 23.7 Å². The van der Waals surface area contributed by atoms with E-state index in [0.29, 0.717) is 12.8 Å². The molecule has 0 aromatic heterocycles. The molecule has 3 rings (SSSR count). The van der Waals surface area contributed by atoms with E-state index in [1.165, 1.54) is 14.0 Å². The molecule has 0 amide bonds. The van der Waals surface area contributed by atoms with Gasteiger partial charge in [-0.05, 0) is 26.7 Å². The molecule has 0 bridgehead atoms. The van der Waals surface area contributed by atoms with Crippen molar-refractivity contribution in [1.82, 2.24) is 0 Å². The van der Waals surface area contributed by atoms with Crippen molar-refractivity contribution in [3.05, 3.63) is 36.0 Å². The van der Waals surface area contributed by atoms with Gasteiger partial charge >= 0.3 is 23.9 Å². The molecule has 0 aromatic rings. The molecule has 6 atom stereocenters. The number of esters is 4. The van der Waals surface area contributed by atoms with Crippen LogP contribution in [0.2, 0.25) is 0 Å². The fraction of sp³-hybridized carbons (Fsp3) is 0.545. The highest BCUT2D eigenvalue weighted by molar-refractivity contribution is 5.93. The Morgan fingerprint density at radius 3 is 2.48 bits per heavy atom. The van der Waals surface area contributed by atoms with E-state index in [2.05, 4.69) is 13.2 Å². The van der Waals surface area contributed by atoms with Crippen LogP contribution < -0.4 is 0 Å². The average Bonchev–Trinajstić information content (AvgIpc) is 3.28. The SMILES string of the molecule is C=C(C)C(=O)O[C@@H]1[C@H]2C(=C)C(=O)O[C@H]2[C@@H]2O[C@@]2(C)CC/C=C(\C(=O)OC)[C@H]1OC(C)=O. The van der Waals surface area contributed by atoms with Crippen LogP contribution in [0.15, 0.2) is 36.0 Å². The maximum atomic E-state index is 12.6. The third kappa shape index (κ3) is 4.27. The van der Waals surface area contributed by atoms with Crippen molar-refractivity contribution >= 4 is 23.9 Å². The molecule has 2 saturated heterocycles. The summed E-state index contributed by atoms with van der Waals surface area (Å²) in [7, 11) is 1.19. The van der Waals surface area contributed by atoms with Crippen LogP contribution in [-0.4, -0.2) is 61.0 Å². The summed E-state index contributed by atoms with van der Waals surface area (Å²) in [6, 6.07) is 0. The zero-order valence-corrected chi connectivity index (χ0v) is 18.0. The summed E-state index contributed by atoms with van der Waals surface area (Å²) in [6.45, 7) is 11.9. The summed E-state index contributed by atoms with van der Waals surface area (Å²) >= 11 is 0. The summed E-state index contributed by atoms with van der Waals surface area (Å²) in [5, 5.41) is 0. The van der Waals surface area contributed by atoms with E-state index in [-0.39, 0.29) is 16.7 Å². The molecule has 2 heterocycles. The third-order valence-corrected chi connectivity index (χ3v) is 5.77. The normalized spacial score (nSPS) is 36.0. The summed E-state index contributed by atoms with van der Waals surface area (Å²) in [5.41, 5.74) is -0.486. The minimum atomic E-state index is -1.35. The van der Waals surface area contributed by atoms with Gasteiger partial charge in [-0.3, -0.25) is 4.79 Å². The lowest BCUT2D eigenvalue weighted by Crippen LogP contribution is -2.48. The molecule has 0 unspecified atom stereocenters.